The summed E-state index contributed by atoms with van der Waals surface area (Å²) in [7, 11) is 1.62. The third-order valence-electron chi connectivity index (χ3n) is 2.90. The summed E-state index contributed by atoms with van der Waals surface area (Å²) in [6, 6.07) is 1.84. The molecular formula is C12H12N6O. The van der Waals surface area contributed by atoms with Crippen LogP contribution in [0.2, 0.25) is 0 Å². The number of anilines is 2. The molecule has 0 spiro atoms. The molecule has 19 heavy (non-hydrogen) atoms. The highest BCUT2D eigenvalue weighted by molar-refractivity contribution is 5.73. The van der Waals surface area contributed by atoms with E-state index in [1.807, 2.05) is 6.07 Å². The van der Waals surface area contributed by atoms with Gasteiger partial charge in [-0.15, -0.1) is 0 Å². The summed E-state index contributed by atoms with van der Waals surface area (Å²) in [5.74, 6) is 0.574. The summed E-state index contributed by atoms with van der Waals surface area (Å²) in [6.07, 6.45) is 4.98. The van der Waals surface area contributed by atoms with E-state index in [1.54, 1.807) is 32.6 Å². The Morgan fingerprint density at radius 3 is 3.05 bits per heavy atom. The highest BCUT2D eigenvalue weighted by atomic mass is 16.1. The van der Waals surface area contributed by atoms with Crippen LogP contribution in [0.1, 0.15) is 5.56 Å². The highest BCUT2D eigenvalue weighted by Gasteiger charge is 2.07. The highest BCUT2D eigenvalue weighted by Crippen LogP contribution is 2.16. The van der Waals surface area contributed by atoms with Crippen molar-refractivity contribution in [2.24, 2.45) is 7.05 Å². The predicted molar refractivity (Wildman–Crippen MR) is 71.4 cm³/mol. The summed E-state index contributed by atoms with van der Waals surface area (Å²) >= 11 is 0. The van der Waals surface area contributed by atoms with Crippen molar-refractivity contribution in [3.8, 4) is 0 Å². The molecule has 3 heterocycles. The Labute approximate surface area is 108 Å². The largest absolute Gasteiger partial charge is 0.345 e. The van der Waals surface area contributed by atoms with Crippen molar-refractivity contribution < 1.29 is 0 Å². The zero-order valence-corrected chi connectivity index (χ0v) is 10.5. The fourth-order valence-corrected chi connectivity index (χ4v) is 1.81. The van der Waals surface area contributed by atoms with Crippen molar-refractivity contribution in [3.05, 3.63) is 40.6 Å². The van der Waals surface area contributed by atoms with E-state index in [4.69, 9.17) is 0 Å². The van der Waals surface area contributed by atoms with Gasteiger partial charge in [0.1, 0.15) is 11.3 Å². The molecule has 2 N–H and O–H groups in total. The van der Waals surface area contributed by atoms with Gasteiger partial charge in [-0.05, 0) is 13.0 Å². The number of hydrogen-bond acceptors (Lipinski definition) is 5. The maximum atomic E-state index is 11.8. The number of nitrogens with zero attached hydrogens (tertiary/aromatic N) is 4. The first-order chi connectivity index (χ1) is 9.15. The fourth-order valence-electron chi connectivity index (χ4n) is 1.81. The number of aromatic nitrogens is 5. The number of hydrogen-bond donors (Lipinski definition) is 2. The zero-order chi connectivity index (χ0) is 13.4. The van der Waals surface area contributed by atoms with Crippen molar-refractivity contribution >= 4 is 22.7 Å². The van der Waals surface area contributed by atoms with Gasteiger partial charge in [0.05, 0.1) is 18.1 Å². The van der Waals surface area contributed by atoms with E-state index < -0.39 is 0 Å². The number of nitrogens with one attached hydrogen (secondary N) is 2. The monoisotopic (exact) mass is 256 g/mol. The lowest BCUT2D eigenvalue weighted by molar-refractivity contribution is 0.702. The summed E-state index contributed by atoms with van der Waals surface area (Å²) in [5.41, 5.74) is 2.57. The molecule has 0 atom stereocenters. The first-order valence-corrected chi connectivity index (χ1v) is 5.75. The van der Waals surface area contributed by atoms with Gasteiger partial charge >= 0.3 is 0 Å². The Morgan fingerprint density at radius 2 is 2.21 bits per heavy atom. The smallest absolute Gasteiger partial charge is 0.271 e. The quantitative estimate of drug-likeness (QED) is 0.716. The van der Waals surface area contributed by atoms with Crippen LogP contribution in [0.25, 0.3) is 11.2 Å². The van der Waals surface area contributed by atoms with Gasteiger partial charge in [-0.25, -0.2) is 14.6 Å². The molecule has 3 aromatic heterocycles. The van der Waals surface area contributed by atoms with Gasteiger partial charge in [-0.2, -0.15) is 5.10 Å². The molecule has 0 aliphatic rings. The Hall–Kier alpha value is -2.70. The minimum atomic E-state index is -0.138. The first kappa shape index (κ1) is 11.4. The van der Waals surface area contributed by atoms with E-state index in [-0.39, 0.29) is 5.56 Å². The Bertz CT molecular complexity index is 803. The summed E-state index contributed by atoms with van der Waals surface area (Å²) in [4.78, 5) is 23.3. The Kier molecular flexibility index (Phi) is 2.52. The normalized spacial score (nSPS) is 10.8. The van der Waals surface area contributed by atoms with Crippen molar-refractivity contribution in [1.29, 1.82) is 0 Å². The first-order valence-electron chi connectivity index (χ1n) is 5.75. The van der Waals surface area contributed by atoms with Crippen LogP contribution >= 0.6 is 0 Å². The van der Waals surface area contributed by atoms with Crippen LogP contribution in [-0.4, -0.2) is 24.7 Å². The second-order valence-electron chi connectivity index (χ2n) is 4.20. The average Bonchev–Trinajstić information content (AvgIpc) is 2.87. The molecule has 0 fully saturated rings. The molecule has 0 amide bonds. The number of H-pyrrole nitrogens is 1. The minimum Gasteiger partial charge on any atom is -0.345 e. The van der Waals surface area contributed by atoms with Crippen molar-refractivity contribution in [3.63, 3.8) is 0 Å². The summed E-state index contributed by atoms with van der Waals surface area (Å²) in [5, 5.41) is 7.03. The second kappa shape index (κ2) is 4.20. The fraction of sp³-hybridized carbons (Fsp3) is 0.167. The van der Waals surface area contributed by atoms with Gasteiger partial charge in [-0.1, -0.05) is 0 Å². The van der Waals surface area contributed by atoms with Crippen LogP contribution < -0.4 is 10.9 Å². The van der Waals surface area contributed by atoms with Gasteiger partial charge in [0.15, 0.2) is 5.65 Å². The molecule has 0 aromatic carbocycles. The zero-order valence-electron chi connectivity index (χ0n) is 10.5. The number of aryl methyl sites for hydroxylation is 1. The van der Waals surface area contributed by atoms with Crippen molar-refractivity contribution in [1.82, 2.24) is 24.7 Å². The third kappa shape index (κ3) is 1.95. The van der Waals surface area contributed by atoms with Crippen LogP contribution in [0, 0.1) is 6.92 Å². The molecule has 0 saturated heterocycles. The van der Waals surface area contributed by atoms with Crippen LogP contribution in [0.4, 0.5) is 11.5 Å². The van der Waals surface area contributed by atoms with Crippen LogP contribution in [-0.2, 0) is 7.05 Å². The summed E-state index contributed by atoms with van der Waals surface area (Å²) in [6.45, 7) is 1.74. The average molecular weight is 256 g/mol. The van der Waals surface area contributed by atoms with E-state index in [0.29, 0.717) is 17.1 Å². The van der Waals surface area contributed by atoms with E-state index in [9.17, 15) is 4.79 Å². The standard InChI is InChI=1S/C12H12N6O/c1-7-9(5-15-18(2)12(7)19)17-10-6-14-11-8(16-10)3-4-13-11/h3-6H,1-2H3,(H,13,14)(H,16,17). The molecule has 7 nitrogen and oxygen atoms in total. The van der Waals surface area contributed by atoms with Crippen molar-refractivity contribution in [2.75, 3.05) is 5.32 Å². The maximum Gasteiger partial charge on any atom is 0.271 e. The lowest BCUT2D eigenvalue weighted by Gasteiger charge is -2.08. The molecule has 7 heteroatoms. The topological polar surface area (TPSA) is 88.5 Å². The molecule has 3 aromatic rings. The van der Waals surface area contributed by atoms with Gasteiger partial charge in [0.2, 0.25) is 0 Å². The number of fused-ring (bicyclic) bond motifs is 1. The number of rotatable bonds is 2. The Balaban J connectivity index is 2.00. The minimum absolute atomic E-state index is 0.138. The molecule has 0 unspecified atom stereocenters. The van der Waals surface area contributed by atoms with E-state index in [0.717, 1.165) is 11.2 Å². The van der Waals surface area contributed by atoms with Gasteiger partial charge in [-0.3, -0.25) is 4.79 Å². The van der Waals surface area contributed by atoms with Crippen molar-refractivity contribution in [2.45, 2.75) is 6.92 Å². The maximum absolute atomic E-state index is 11.8. The molecule has 0 aliphatic carbocycles. The Morgan fingerprint density at radius 1 is 1.37 bits per heavy atom. The predicted octanol–water partition coefficient (Wildman–Crippen LogP) is 1.10. The SMILES string of the molecule is Cc1c(Nc2cnc3[nH]ccc3n2)cnn(C)c1=O. The van der Waals surface area contributed by atoms with E-state index >= 15 is 0 Å². The van der Waals surface area contributed by atoms with E-state index in [1.165, 1.54) is 4.68 Å². The molecular weight excluding hydrogens is 244 g/mol. The third-order valence-corrected chi connectivity index (χ3v) is 2.90. The lowest BCUT2D eigenvalue weighted by atomic mass is 10.3. The van der Waals surface area contributed by atoms with Gasteiger partial charge in [0.25, 0.3) is 5.56 Å². The summed E-state index contributed by atoms with van der Waals surface area (Å²) < 4.78 is 1.29. The van der Waals surface area contributed by atoms with Crippen LogP contribution in [0.5, 0.6) is 0 Å². The molecule has 0 aliphatic heterocycles. The molecule has 0 radical (unpaired) electrons. The lowest BCUT2D eigenvalue weighted by Crippen LogP contribution is -2.22. The second-order valence-corrected chi connectivity index (χ2v) is 4.20. The molecule has 0 bridgehead atoms. The number of aromatic amines is 1. The van der Waals surface area contributed by atoms with Crippen LogP contribution in [0.15, 0.2) is 29.5 Å². The van der Waals surface area contributed by atoms with Crippen LogP contribution in [0.3, 0.4) is 0 Å². The molecule has 0 saturated carbocycles. The van der Waals surface area contributed by atoms with E-state index in [2.05, 4.69) is 25.4 Å². The van der Waals surface area contributed by atoms with Gasteiger partial charge in [0, 0.05) is 18.8 Å². The molecule has 3 rings (SSSR count). The van der Waals surface area contributed by atoms with Gasteiger partial charge < -0.3 is 10.3 Å². The molecule has 96 valence electrons.